The van der Waals surface area contributed by atoms with E-state index in [1.165, 1.54) is 13.5 Å². The molecule has 0 heterocycles. The number of amides is 1. The summed E-state index contributed by atoms with van der Waals surface area (Å²) < 4.78 is 26.5. The zero-order chi connectivity index (χ0) is 18.2. The first-order chi connectivity index (χ1) is 11.8. The Bertz CT molecular complexity index is 755. The first-order valence-corrected chi connectivity index (χ1v) is 10.4. The number of anilines is 1. The molecule has 0 radical (unpaired) electrons. The summed E-state index contributed by atoms with van der Waals surface area (Å²) in [6, 6.07) is 5.17. The Labute approximate surface area is 161 Å². The van der Waals surface area contributed by atoms with Gasteiger partial charge in [0.05, 0.1) is 4.90 Å². The van der Waals surface area contributed by atoms with E-state index in [9.17, 15) is 13.2 Å². The fourth-order valence-corrected chi connectivity index (χ4v) is 5.38. The van der Waals surface area contributed by atoms with E-state index in [0.717, 1.165) is 25.7 Å². The van der Waals surface area contributed by atoms with E-state index >= 15 is 0 Å². The molecule has 2 saturated carbocycles. The lowest BCUT2D eigenvalue weighted by Crippen LogP contribution is -2.48. The van der Waals surface area contributed by atoms with Crippen molar-refractivity contribution < 1.29 is 13.2 Å². The lowest BCUT2D eigenvalue weighted by molar-refractivity contribution is -0.122. The van der Waals surface area contributed by atoms with Gasteiger partial charge in [-0.25, -0.2) is 13.1 Å². The summed E-state index contributed by atoms with van der Waals surface area (Å²) in [5, 5.41) is 2.95. The molecular weight excluding hydrogens is 374 g/mol. The molecule has 2 atom stereocenters. The van der Waals surface area contributed by atoms with Gasteiger partial charge in [-0.3, -0.25) is 4.79 Å². The highest BCUT2D eigenvalue weighted by Gasteiger charge is 2.40. The molecule has 8 heteroatoms. The van der Waals surface area contributed by atoms with E-state index in [1.807, 2.05) is 0 Å². The van der Waals surface area contributed by atoms with Crippen LogP contribution < -0.4 is 15.8 Å². The van der Waals surface area contributed by atoms with Gasteiger partial charge in [0.2, 0.25) is 15.9 Å². The fraction of sp³-hybridized carbons (Fsp3) is 0.611. The number of carbonyl (C=O) groups excluding carboxylic acids is 1. The normalized spacial score (nSPS) is 28.1. The topological polar surface area (TPSA) is 101 Å². The molecule has 2 bridgehead atoms. The van der Waals surface area contributed by atoms with Crippen LogP contribution in [0.15, 0.2) is 23.1 Å². The molecule has 2 aliphatic carbocycles. The molecule has 1 amide bonds. The SMILES string of the molecule is CNS(=O)(=O)c1cccc(NC(=O)C2CC3CCCC(C2)C3N)c1C.Cl. The van der Waals surface area contributed by atoms with Crippen molar-refractivity contribution >= 4 is 34.0 Å². The number of halogens is 1. The Hall–Kier alpha value is -1.15. The molecule has 6 nitrogen and oxygen atoms in total. The van der Waals surface area contributed by atoms with Crippen LogP contribution in [0.4, 0.5) is 5.69 Å². The zero-order valence-corrected chi connectivity index (χ0v) is 16.8. The number of rotatable bonds is 4. The molecule has 2 fully saturated rings. The smallest absolute Gasteiger partial charge is 0.240 e. The quantitative estimate of drug-likeness (QED) is 0.721. The molecule has 3 rings (SSSR count). The van der Waals surface area contributed by atoms with Crippen LogP contribution in [-0.4, -0.2) is 27.4 Å². The summed E-state index contributed by atoms with van der Waals surface area (Å²) in [5.41, 5.74) is 7.41. The number of fused-ring (bicyclic) bond motifs is 2. The van der Waals surface area contributed by atoms with Gasteiger partial charge in [0.15, 0.2) is 0 Å². The second kappa shape index (κ2) is 8.25. The van der Waals surface area contributed by atoms with Gasteiger partial charge < -0.3 is 11.1 Å². The van der Waals surface area contributed by atoms with Gasteiger partial charge in [-0.05, 0) is 69.2 Å². The first-order valence-electron chi connectivity index (χ1n) is 8.93. The minimum absolute atomic E-state index is 0. The molecule has 0 aliphatic heterocycles. The molecule has 146 valence electrons. The molecule has 4 N–H and O–H groups in total. The highest BCUT2D eigenvalue weighted by atomic mass is 35.5. The Morgan fingerprint density at radius 1 is 1.19 bits per heavy atom. The van der Waals surface area contributed by atoms with E-state index in [1.54, 1.807) is 25.1 Å². The van der Waals surface area contributed by atoms with Crippen LogP contribution in [0.3, 0.4) is 0 Å². The van der Waals surface area contributed by atoms with Crippen LogP contribution in [-0.2, 0) is 14.8 Å². The Kier molecular flexibility index (Phi) is 6.71. The van der Waals surface area contributed by atoms with Crippen molar-refractivity contribution in [3.05, 3.63) is 23.8 Å². The molecule has 0 saturated heterocycles. The lowest BCUT2D eigenvalue weighted by atomic mass is 9.65. The van der Waals surface area contributed by atoms with Gasteiger partial charge in [0, 0.05) is 17.6 Å². The second-order valence-electron chi connectivity index (χ2n) is 7.32. The second-order valence-corrected chi connectivity index (χ2v) is 9.18. The van der Waals surface area contributed by atoms with E-state index < -0.39 is 10.0 Å². The van der Waals surface area contributed by atoms with Crippen molar-refractivity contribution in [1.29, 1.82) is 0 Å². The highest BCUT2D eigenvalue weighted by molar-refractivity contribution is 7.89. The number of nitrogens with two attached hydrogens (primary N) is 1. The standard InChI is InChI=1S/C18H27N3O3S.ClH/c1-11-15(7-4-8-16(11)25(23,24)20-2)21-18(22)14-9-12-5-3-6-13(10-14)17(12)19;/h4,7-8,12-14,17,20H,3,5-6,9-10,19H2,1-2H3,(H,21,22);1H. The van der Waals surface area contributed by atoms with E-state index in [0.29, 0.717) is 23.1 Å². The van der Waals surface area contributed by atoms with Crippen molar-refractivity contribution in [2.24, 2.45) is 23.5 Å². The van der Waals surface area contributed by atoms with Gasteiger partial charge in [-0.15, -0.1) is 12.4 Å². The van der Waals surface area contributed by atoms with Gasteiger partial charge in [0.25, 0.3) is 0 Å². The first kappa shape index (κ1) is 21.2. The lowest BCUT2D eigenvalue weighted by Gasteiger charge is -2.43. The fourth-order valence-electron chi connectivity index (χ4n) is 4.39. The summed E-state index contributed by atoms with van der Waals surface area (Å²) in [7, 11) is -2.17. The molecule has 1 aromatic rings. The summed E-state index contributed by atoms with van der Waals surface area (Å²) >= 11 is 0. The Morgan fingerprint density at radius 2 is 1.81 bits per heavy atom. The van der Waals surface area contributed by atoms with Crippen molar-refractivity contribution in [3.63, 3.8) is 0 Å². The predicted octanol–water partition coefficient (Wildman–Crippen LogP) is 2.42. The van der Waals surface area contributed by atoms with Crippen molar-refractivity contribution in [1.82, 2.24) is 4.72 Å². The number of nitrogens with one attached hydrogen (secondary N) is 2. The summed E-state index contributed by atoms with van der Waals surface area (Å²) in [6.45, 7) is 1.71. The highest BCUT2D eigenvalue weighted by Crippen LogP contribution is 2.42. The molecule has 2 aliphatic rings. The van der Waals surface area contributed by atoms with Crippen LogP contribution in [0.2, 0.25) is 0 Å². The largest absolute Gasteiger partial charge is 0.327 e. The third kappa shape index (κ3) is 4.06. The number of benzene rings is 1. The third-order valence-electron chi connectivity index (χ3n) is 5.88. The number of sulfonamides is 1. The third-order valence-corrected chi connectivity index (χ3v) is 7.44. The van der Waals surface area contributed by atoms with Crippen molar-refractivity contribution in [2.45, 2.75) is 50.0 Å². The van der Waals surface area contributed by atoms with Crippen LogP contribution in [0.25, 0.3) is 0 Å². The van der Waals surface area contributed by atoms with Crippen LogP contribution in [0, 0.1) is 24.7 Å². The van der Waals surface area contributed by atoms with Crippen molar-refractivity contribution in [3.8, 4) is 0 Å². The van der Waals surface area contributed by atoms with Crippen LogP contribution in [0.5, 0.6) is 0 Å². The number of carbonyl (C=O) groups is 1. The summed E-state index contributed by atoms with van der Waals surface area (Å²) in [5.74, 6) is 0.797. The maximum atomic E-state index is 12.8. The molecule has 0 aromatic heterocycles. The van der Waals surface area contributed by atoms with E-state index in [-0.39, 0.29) is 35.2 Å². The van der Waals surface area contributed by atoms with Crippen LogP contribution >= 0.6 is 12.4 Å². The van der Waals surface area contributed by atoms with Crippen LogP contribution in [0.1, 0.15) is 37.7 Å². The summed E-state index contributed by atoms with van der Waals surface area (Å²) in [4.78, 5) is 13.0. The molecule has 0 spiro atoms. The summed E-state index contributed by atoms with van der Waals surface area (Å²) in [6.07, 6.45) is 5.08. The average molecular weight is 402 g/mol. The van der Waals surface area contributed by atoms with E-state index in [4.69, 9.17) is 5.73 Å². The van der Waals surface area contributed by atoms with Gasteiger partial charge in [0.1, 0.15) is 0 Å². The van der Waals surface area contributed by atoms with E-state index in [2.05, 4.69) is 10.0 Å². The maximum absolute atomic E-state index is 12.8. The van der Waals surface area contributed by atoms with Crippen molar-refractivity contribution in [2.75, 3.05) is 12.4 Å². The maximum Gasteiger partial charge on any atom is 0.240 e. The molecular formula is C18H28ClN3O3S. The number of hydrogen-bond donors (Lipinski definition) is 3. The minimum Gasteiger partial charge on any atom is -0.327 e. The molecule has 26 heavy (non-hydrogen) atoms. The molecule has 1 aromatic carbocycles. The van der Waals surface area contributed by atoms with Gasteiger partial charge >= 0.3 is 0 Å². The number of hydrogen-bond acceptors (Lipinski definition) is 4. The van der Waals surface area contributed by atoms with Gasteiger partial charge in [-0.1, -0.05) is 12.5 Å². The molecule has 2 unspecified atom stereocenters. The average Bonchev–Trinajstić information content (AvgIpc) is 2.56. The monoisotopic (exact) mass is 401 g/mol. The Balaban J connectivity index is 0.00000243. The zero-order valence-electron chi connectivity index (χ0n) is 15.2. The Morgan fingerprint density at radius 3 is 2.38 bits per heavy atom. The van der Waals surface area contributed by atoms with Gasteiger partial charge in [-0.2, -0.15) is 0 Å². The predicted molar refractivity (Wildman–Crippen MR) is 105 cm³/mol. The minimum atomic E-state index is -3.55.